The van der Waals surface area contributed by atoms with Gasteiger partial charge in [0.05, 0.1) is 17.5 Å². The van der Waals surface area contributed by atoms with Crippen molar-refractivity contribution < 1.29 is 13.2 Å². The van der Waals surface area contributed by atoms with E-state index in [4.69, 9.17) is 0 Å². The van der Waals surface area contributed by atoms with Gasteiger partial charge in [-0.15, -0.1) is 0 Å². The quantitative estimate of drug-likeness (QED) is 0.823. The first kappa shape index (κ1) is 17.5. The van der Waals surface area contributed by atoms with Crippen LogP contribution in [0.5, 0.6) is 0 Å². The molecule has 0 N–H and O–H groups in total. The first-order valence-corrected chi connectivity index (χ1v) is 10.9. The summed E-state index contributed by atoms with van der Waals surface area (Å²) in [4.78, 5) is 18.3. The van der Waals surface area contributed by atoms with E-state index in [-0.39, 0.29) is 28.7 Å². The molecule has 0 aliphatic carbocycles. The lowest BCUT2D eigenvalue weighted by atomic mass is 10.1. The molecule has 2 atom stereocenters. The van der Waals surface area contributed by atoms with E-state index in [2.05, 4.69) is 4.99 Å². The number of fused-ring (bicyclic) bond motifs is 1. The minimum Gasteiger partial charge on any atom is -0.315 e. The monoisotopic (exact) mass is 366 g/mol. The van der Waals surface area contributed by atoms with Crippen molar-refractivity contribution in [1.82, 2.24) is 0 Å². The molecular weight excluding hydrogens is 344 g/mol. The highest BCUT2D eigenvalue weighted by molar-refractivity contribution is 8.16. The lowest BCUT2D eigenvalue weighted by Crippen LogP contribution is -2.38. The van der Waals surface area contributed by atoms with Gasteiger partial charge in [0.25, 0.3) is 0 Å². The number of amides is 1. The summed E-state index contributed by atoms with van der Waals surface area (Å²) in [6.07, 6.45) is 1.17. The fourth-order valence-corrected chi connectivity index (χ4v) is 7.14. The van der Waals surface area contributed by atoms with Crippen molar-refractivity contribution in [1.29, 1.82) is 0 Å². The number of nitrogens with zero attached hydrogens (tertiary/aromatic N) is 2. The summed E-state index contributed by atoms with van der Waals surface area (Å²) in [5.41, 5.74) is 3.19. The second-order valence-electron chi connectivity index (χ2n) is 6.43. The average molecular weight is 367 g/mol. The minimum atomic E-state index is -3.03. The molecule has 0 aromatic heterocycles. The van der Waals surface area contributed by atoms with Gasteiger partial charge in [-0.3, -0.25) is 4.79 Å². The van der Waals surface area contributed by atoms with Crippen molar-refractivity contribution in [3.8, 4) is 0 Å². The number of thioether (sulfide) groups is 1. The number of sulfone groups is 1. The van der Waals surface area contributed by atoms with Crippen LogP contribution in [0.1, 0.15) is 30.9 Å². The summed E-state index contributed by atoms with van der Waals surface area (Å²) in [6, 6.07) is 5.83. The molecule has 3 rings (SSSR count). The van der Waals surface area contributed by atoms with Crippen LogP contribution in [-0.2, 0) is 14.6 Å². The van der Waals surface area contributed by atoms with E-state index in [0.717, 1.165) is 23.2 Å². The molecule has 0 spiro atoms. The molecular formula is C17H22N2O3S2. The van der Waals surface area contributed by atoms with Gasteiger partial charge in [-0.1, -0.05) is 30.8 Å². The Morgan fingerprint density at radius 3 is 2.79 bits per heavy atom. The highest BCUT2D eigenvalue weighted by Crippen LogP contribution is 2.42. The minimum absolute atomic E-state index is 0.0527. The second-order valence-corrected chi connectivity index (χ2v) is 9.79. The zero-order valence-electron chi connectivity index (χ0n) is 14.2. The van der Waals surface area contributed by atoms with E-state index in [1.807, 2.05) is 43.9 Å². The largest absolute Gasteiger partial charge is 0.315 e. The fraction of sp³-hybridized carbons (Fsp3) is 0.529. The maximum atomic E-state index is 12.1. The Hall–Kier alpha value is -1.34. The van der Waals surface area contributed by atoms with Crippen LogP contribution in [0.15, 0.2) is 23.2 Å². The molecule has 130 valence electrons. The van der Waals surface area contributed by atoms with Crippen LogP contribution in [0, 0.1) is 13.8 Å². The van der Waals surface area contributed by atoms with Crippen LogP contribution in [0.2, 0.25) is 0 Å². The summed E-state index contributed by atoms with van der Waals surface area (Å²) in [5.74, 6) is 0.141. The van der Waals surface area contributed by atoms with Crippen molar-refractivity contribution >= 4 is 38.4 Å². The average Bonchev–Trinajstić information content (AvgIpc) is 2.94. The number of rotatable bonds is 3. The number of anilines is 1. The van der Waals surface area contributed by atoms with Gasteiger partial charge in [0, 0.05) is 17.4 Å². The first-order chi connectivity index (χ1) is 11.3. The molecule has 0 radical (unpaired) electrons. The zero-order valence-corrected chi connectivity index (χ0v) is 15.8. The van der Waals surface area contributed by atoms with E-state index < -0.39 is 9.84 Å². The summed E-state index contributed by atoms with van der Waals surface area (Å²) in [7, 11) is -3.03. The molecule has 2 fully saturated rings. The van der Waals surface area contributed by atoms with Crippen LogP contribution in [-0.4, -0.2) is 42.3 Å². The van der Waals surface area contributed by atoms with Crippen LogP contribution in [0.3, 0.4) is 0 Å². The van der Waals surface area contributed by atoms with Gasteiger partial charge < -0.3 is 4.90 Å². The number of aryl methyl sites for hydroxylation is 1. The SMILES string of the molecule is CCCC(=O)N=C1S[C@H]2CS(=O)(=O)C[C@@H]2N1c1cccc(C)c1C. The van der Waals surface area contributed by atoms with Gasteiger partial charge in [-0.2, -0.15) is 4.99 Å². The number of hydrogen-bond acceptors (Lipinski definition) is 4. The summed E-state index contributed by atoms with van der Waals surface area (Å²) >= 11 is 1.43. The van der Waals surface area contributed by atoms with Gasteiger partial charge in [-0.25, -0.2) is 8.42 Å². The summed E-state index contributed by atoms with van der Waals surface area (Å²) in [5, 5.41) is 0.593. The molecule has 2 aliphatic heterocycles. The molecule has 0 bridgehead atoms. The Balaban J connectivity index is 2.05. The number of aliphatic imine (C=N–C) groups is 1. The molecule has 0 saturated carbocycles. The highest BCUT2D eigenvalue weighted by atomic mass is 32.2. The van der Waals surface area contributed by atoms with Gasteiger partial charge >= 0.3 is 0 Å². The number of carbonyl (C=O) groups is 1. The van der Waals surface area contributed by atoms with Crippen molar-refractivity contribution in [2.75, 3.05) is 16.4 Å². The molecule has 2 aliphatic rings. The van der Waals surface area contributed by atoms with Gasteiger partial charge in [-0.05, 0) is 37.5 Å². The molecule has 5 nitrogen and oxygen atoms in total. The molecule has 1 aromatic carbocycles. The van der Waals surface area contributed by atoms with Crippen molar-refractivity contribution in [2.24, 2.45) is 4.99 Å². The lowest BCUT2D eigenvalue weighted by molar-refractivity contribution is -0.117. The van der Waals surface area contributed by atoms with Gasteiger partial charge in [0.2, 0.25) is 5.91 Å². The first-order valence-electron chi connectivity index (χ1n) is 8.16. The van der Waals surface area contributed by atoms with Crippen LogP contribution >= 0.6 is 11.8 Å². The number of hydrogen-bond donors (Lipinski definition) is 0. The lowest BCUT2D eigenvalue weighted by Gasteiger charge is -2.26. The van der Waals surface area contributed by atoms with E-state index in [1.165, 1.54) is 11.8 Å². The molecule has 1 aromatic rings. The Morgan fingerprint density at radius 2 is 2.08 bits per heavy atom. The Labute approximate surface area is 147 Å². The fourth-order valence-electron chi connectivity index (χ4n) is 3.22. The van der Waals surface area contributed by atoms with Gasteiger partial charge in [0.1, 0.15) is 0 Å². The van der Waals surface area contributed by atoms with E-state index in [1.54, 1.807) is 0 Å². The molecule has 7 heteroatoms. The molecule has 24 heavy (non-hydrogen) atoms. The van der Waals surface area contributed by atoms with Crippen molar-refractivity contribution in [3.05, 3.63) is 29.3 Å². The molecule has 0 unspecified atom stereocenters. The number of amidine groups is 1. The summed E-state index contributed by atoms with van der Waals surface area (Å²) in [6.45, 7) is 6.01. The van der Waals surface area contributed by atoms with Gasteiger partial charge in [0.15, 0.2) is 15.0 Å². The topological polar surface area (TPSA) is 66.8 Å². The van der Waals surface area contributed by atoms with E-state index >= 15 is 0 Å². The number of carbonyl (C=O) groups excluding carboxylic acids is 1. The normalized spacial score (nSPS) is 26.8. The number of benzene rings is 1. The predicted octanol–water partition coefficient (Wildman–Crippen LogP) is 2.70. The molecule has 1 amide bonds. The van der Waals surface area contributed by atoms with Crippen LogP contribution < -0.4 is 4.90 Å². The van der Waals surface area contributed by atoms with E-state index in [9.17, 15) is 13.2 Å². The van der Waals surface area contributed by atoms with Crippen molar-refractivity contribution in [2.45, 2.75) is 44.9 Å². The second kappa shape index (κ2) is 6.52. The summed E-state index contributed by atoms with van der Waals surface area (Å²) < 4.78 is 24.1. The zero-order chi connectivity index (χ0) is 17.5. The Morgan fingerprint density at radius 1 is 1.33 bits per heavy atom. The van der Waals surface area contributed by atoms with Crippen molar-refractivity contribution in [3.63, 3.8) is 0 Å². The maximum absolute atomic E-state index is 12.1. The van der Waals surface area contributed by atoms with Crippen LogP contribution in [0.4, 0.5) is 5.69 Å². The smallest absolute Gasteiger partial charge is 0.248 e. The third-order valence-electron chi connectivity index (χ3n) is 4.59. The third-order valence-corrected chi connectivity index (χ3v) is 7.80. The Kier molecular flexibility index (Phi) is 4.75. The third kappa shape index (κ3) is 3.24. The highest BCUT2D eigenvalue weighted by Gasteiger charge is 2.49. The molecule has 2 saturated heterocycles. The van der Waals surface area contributed by atoms with E-state index in [0.29, 0.717) is 11.6 Å². The van der Waals surface area contributed by atoms with Crippen LogP contribution in [0.25, 0.3) is 0 Å². The standard InChI is InChI=1S/C17H22N2O3S2/c1-4-6-16(20)18-17-19(13-8-5-7-11(2)12(13)3)14-9-24(21,22)10-15(14)23-17/h5,7-8,14-15H,4,6,9-10H2,1-3H3/t14-,15-/m0/s1. The predicted molar refractivity (Wildman–Crippen MR) is 99.6 cm³/mol. The molecule has 2 heterocycles. The Bertz CT molecular complexity index is 802. The maximum Gasteiger partial charge on any atom is 0.248 e.